The van der Waals surface area contributed by atoms with Crippen molar-refractivity contribution >= 4 is 48.9 Å². The van der Waals surface area contributed by atoms with Gasteiger partial charge in [0.05, 0.1) is 11.9 Å². The molecule has 10 heteroatoms. The van der Waals surface area contributed by atoms with Gasteiger partial charge in [0.2, 0.25) is 5.91 Å². The number of hydrogen-bond acceptors (Lipinski definition) is 5. The molecule has 7 nitrogen and oxygen atoms in total. The zero-order chi connectivity index (χ0) is 14.8. The van der Waals surface area contributed by atoms with Crippen LogP contribution in [-0.4, -0.2) is 31.2 Å². The predicted molar refractivity (Wildman–Crippen MR) is 79.1 cm³/mol. The summed E-state index contributed by atoms with van der Waals surface area (Å²) in [4.78, 5) is 11.2. The fourth-order valence-electron chi connectivity index (χ4n) is 1.40. The van der Waals surface area contributed by atoms with E-state index in [-0.39, 0.29) is 16.7 Å². The molecule has 1 amide bonds. The van der Waals surface area contributed by atoms with E-state index in [0.717, 1.165) is 11.3 Å². The van der Waals surface area contributed by atoms with Gasteiger partial charge in [0.1, 0.15) is 6.54 Å². The topological polar surface area (TPSA) is 93.1 Å². The Bertz CT molecular complexity index is 722. The van der Waals surface area contributed by atoms with E-state index in [1.165, 1.54) is 24.1 Å². The molecule has 2 aromatic heterocycles. The molecule has 2 N–H and O–H groups in total. The molecule has 0 aliphatic carbocycles. The highest BCUT2D eigenvalue weighted by atomic mass is 79.9. The summed E-state index contributed by atoms with van der Waals surface area (Å²) in [7, 11) is -2.14. The van der Waals surface area contributed by atoms with Crippen LogP contribution in [0, 0.1) is 0 Å². The first kappa shape index (κ1) is 15.0. The second-order valence-corrected chi connectivity index (χ2v) is 7.41. The maximum absolute atomic E-state index is 12.1. The van der Waals surface area contributed by atoms with Crippen molar-refractivity contribution in [2.24, 2.45) is 0 Å². The van der Waals surface area contributed by atoms with E-state index in [4.69, 9.17) is 0 Å². The lowest BCUT2D eigenvalue weighted by Gasteiger charge is -2.04. The van der Waals surface area contributed by atoms with Crippen LogP contribution in [-0.2, 0) is 21.4 Å². The van der Waals surface area contributed by atoms with Crippen LogP contribution in [0.25, 0.3) is 0 Å². The molecular formula is C10H11BrN4O3S2. The van der Waals surface area contributed by atoms with E-state index in [0.29, 0.717) is 10.2 Å². The summed E-state index contributed by atoms with van der Waals surface area (Å²) in [5.74, 6) is -0.219. The molecule has 20 heavy (non-hydrogen) atoms. The molecule has 2 heterocycles. The standard InChI is InChI=1S/C10H11BrN4O3S2/c1-12-9(16)6-15-5-7(4-13-15)14-20(17,18)10-8(11)2-3-19-10/h2-5,14H,6H2,1H3,(H,12,16). The number of aromatic nitrogens is 2. The highest BCUT2D eigenvalue weighted by Gasteiger charge is 2.20. The normalized spacial score (nSPS) is 11.3. The molecule has 0 radical (unpaired) electrons. The smallest absolute Gasteiger partial charge is 0.272 e. The summed E-state index contributed by atoms with van der Waals surface area (Å²) < 4.78 is 28.7. The van der Waals surface area contributed by atoms with Crippen molar-refractivity contribution in [3.05, 3.63) is 28.3 Å². The fourth-order valence-corrected chi connectivity index (χ4v) is 4.77. The van der Waals surface area contributed by atoms with Gasteiger partial charge in [-0.1, -0.05) is 0 Å². The largest absolute Gasteiger partial charge is 0.358 e. The Labute approximate surface area is 128 Å². The Morgan fingerprint density at radius 3 is 2.90 bits per heavy atom. The number of rotatable bonds is 5. The minimum absolute atomic E-state index is 0.0287. The molecule has 0 fully saturated rings. The van der Waals surface area contributed by atoms with Gasteiger partial charge in [-0.2, -0.15) is 5.10 Å². The minimum Gasteiger partial charge on any atom is -0.358 e. The van der Waals surface area contributed by atoms with Crippen LogP contribution in [0.1, 0.15) is 0 Å². The number of halogens is 1. The molecule has 0 bridgehead atoms. The van der Waals surface area contributed by atoms with Crippen LogP contribution in [0.2, 0.25) is 0 Å². The van der Waals surface area contributed by atoms with Gasteiger partial charge < -0.3 is 5.32 Å². The van der Waals surface area contributed by atoms with E-state index >= 15 is 0 Å². The average Bonchev–Trinajstić information content (AvgIpc) is 2.98. The first-order valence-electron chi connectivity index (χ1n) is 5.41. The van der Waals surface area contributed by atoms with Crippen molar-refractivity contribution in [3.63, 3.8) is 0 Å². The maximum Gasteiger partial charge on any atom is 0.272 e. The Hall–Kier alpha value is -1.39. The lowest BCUT2D eigenvalue weighted by molar-refractivity contribution is -0.121. The Morgan fingerprint density at radius 2 is 2.30 bits per heavy atom. The number of likely N-dealkylation sites (N-methyl/N-ethyl adjacent to an activating group) is 1. The number of thiophene rings is 1. The van der Waals surface area contributed by atoms with Crippen LogP contribution in [0.3, 0.4) is 0 Å². The average molecular weight is 379 g/mol. The minimum atomic E-state index is -3.65. The molecular weight excluding hydrogens is 368 g/mol. The number of nitrogens with zero attached hydrogens (tertiary/aromatic N) is 2. The van der Waals surface area contributed by atoms with E-state index in [9.17, 15) is 13.2 Å². The van der Waals surface area contributed by atoms with Crippen molar-refractivity contribution in [2.75, 3.05) is 11.8 Å². The number of carbonyl (C=O) groups excluding carboxylic acids is 1. The van der Waals surface area contributed by atoms with Crippen molar-refractivity contribution < 1.29 is 13.2 Å². The molecule has 0 aliphatic heterocycles. The van der Waals surface area contributed by atoms with E-state index in [1.807, 2.05) is 0 Å². The van der Waals surface area contributed by atoms with Crippen molar-refractivity contribution in [1.29, 1.82) is 0 Å². The van der Waals surface area contributed by atoms with Crippen LogP contribution >= 0.6 is 27.3 Å². The molecule has 2 rings (SSSR count). The third-order valence-corrected chi connectivity index (χ3v) is 6.35. The molecule has 0 aromatic carbocycles. The van der Waals surface area contributed by atoms with Gasteiger partial charge in [0, 0.05) is 17.7 Å². The summed E-state index contributed by atoms with van der Waals surface area (Å²) in [6.45, 7) is 0.0287. The monoisotopic (exact) mass is 378 g/mol. The maximum atomic E-state index is 12.1. The first-order chi connectivity index (χ1) is 9.42. The number of anilines is 1. The quantitative estimate of drug-likeness (QED) is 0.818. The third kappa shape index (κ3) is 3.38. The van der Waals surface area contributed by atoms with Gasteiger partial charge in [-0.25, -0.2) is 8.42 Å². The summed E-state index contributed by atoms with van der Waals surface area (Å²) in [5, 5.41) is 8.04. The molecule has 0 aliphatic rings. The highest BCUT2D eigenvalue weighted by molar-refractivity contribution is 9.10. The third-order valence-electron chi connectivity index (χ3n) is 2.30. The van der Waals surface area contributed by atoms with Gasteiger partial charge >= 0.3 is 0 Å². The Balaban J connectivity index is 2.15. The van der Waals surface area contributed by atoms with E-state index in [2.05, 4.69) is 31.1 Å². The van der Waals surface area contributed by atoms with Crippen molar-refractivity contribution in [3.8, 4) is 0 Å². The van der Waals surface area contributed by atoms with Crippen molar-refractivity contribution in [1.82, 2.24) is 15.1 Å². The summed E-state index contributed by atoms with van der Waals surface area (Å²) in [5.41, 5.74) is 0.300. The van der Waals surface area contributed by atoms with Crippen LogP contribution in [0.4, 0.5) is 5.69 Å². The molecule has 0 saturated heterocycles. The lowest BCUT2D eigenvalue weighted by Crippen LogP contribution is -2.23. The summed E-state index contributed by atoms with van der Waals surface area (Å²) in [6.07, 6.45) is 2.80. The summed E-state index contributed by atoms with van der Waals surface area (Å²) >= 11 is 4.29. The second kappa shape index (κ2) is 5.94. The molecule has 2 aromatic rings. The Morgan fingerprint density at radius 1 is 1.55 bits per heavy atom. The summed E-state index contributed by atoms with van der Waals surface area (Å²) in [6, 6.07) is 1.66. The molecule has 0 spiro atoms. The van der Waals surface area contributed by atoms with Crippen LogP contribution in [0.5, 0.6) is 0 Å². The number of amides is 1. The van der Waals surface area contributed by atoms with Gasteiger partial charge in [0.15, 0.2) is 4.21 Å². The van der Waals surface area contributed by atoms with Crippen LogP contribution in [0.15, 0.2) is 32.5 Å². The number of carbonyl (C=O) groups is 1. The van der Waals surface area contributed by atoms with E-state index in [1.54, 1.807) is 11.4 Å². The van der Waals surface area contributed by atoms with Crippen LogP contribution < -0.4 is 10.0 Å². The highest BCUT2D eigenvalue weighted by Crippen LogP contribution is 2.29. The number of nitrogens with one attached hydrogen (secondary N) is 2. The number of hydrogen-bond donors (Lipinski definition) is 2. The fraction of sp³-hybridized carbons (Fsp3) is 0.200. The second-order valence-electron chi connectivity index (χ2n) is 3.76. The zero-order valence-electron chi connectivity index (χ0n) is 10.3. The molecule has 108 valence electrons. The van der Waals surface area contributed by atoms with Gasteiger partial charge in [-0.3, -0.25) is 14.2 Å². The van der Waals surface area contributed by atoms with Gasteiger partial charge in [0.25, 0.3) is 10.0 Å². The SMILES string of the molecule is CNC(=O)Cn1cc(NS(=O)(=O)c2sccc2Br)cn1. The predicted octanol–water partition coefficient (Wildman–Crippen LogP) is 1.25. The zero-order valence-corrected chi connectivity index (χ0v) is 13.5. The van der Waals surface area contributed by atoms with Gasteiger partial charge in [-0.15, -0.1) is 11.3 Å². The Kier molecular flexibility index (Phi) is 4.45. The lowest BCUT2D eigenvalue weighted by atomic mass is 10.6. The van der Waals surface area contributed by atoms with E-state index < -0.39 is 10.0 Å². The van der Waals surface area contributed by atoms with Crippen molar-refractivity contribution in [2.45, 2.75) is 10.8 Å². The first-order valence-corrected chi connectivity index (χ1v) is 8.57. The molecule has 0 atom stereocenters. The molecule has 0 unspecified atom stereocenters. The molecule has 0 saturated carbocycles. The van der Waals surface area contributed by atoms with Gasteiger partial charge in [-0.05, 0) is 27.4 Å². The number of sulfonamides is 1.